The zero-order chi connectivity index (χ0) is 14.3. The van der Waals surface area contributed by atoms with E-state index >= 15 is 0 Å². The third kappa shape index (κ3) is 12.1. The highest BCUT2D eigenvalue weighted by Gasteiger charge is 2.07. The monoisotopic (exact) mass is 288 g/mol. The predicted octanol–water partition coefficient (Wildman–Crippen LogP) is 2.29. The molecular formula is C14H28O4Si. The number of unbranched alkanes of at least 4 members (excludes halogenated alkanes) is 2. The van der Waals surface area contributed by atoms with Gasteiger partial charge in [0, 0.05) is 28.8 Å². The van der Waals surface area contributed by atoms with E-state index < -0.39 is 0 Å². The standard InChI is InChI=1S/C14H28O4Si/c1-4-13(15)18-10-8-7-9-11-19-12-14(16-5-2)17-6-3/h4,14H,1,5-12,19H2,2-3H3. The summed E-state index contributed by atoms with van der Waals surface area (Å²) in [4.78, 5) is 10.8. The number of ether oxygens (including phenoxy) is 3. The van der Waals surface area contributed by atoms with Gasteiger partial charge >= 0.3 is 5.97 Å². The Balaban J connectivity index is 3.33. The third-order valence-corrected chi connectivity index (χ3v) is 4.58. The molecule has 0 aromatic heterocycles. The molecule has 0 aromatic carbocycles. The van der Waals surface area contributed by atoms with Crippen LogP contribution in [0, 0.1) is 0 Å². The van der Waals surface area contributed by atoms with E-state index in [4.69, 9.17) is 14.2 Å². The van der Waals surface area contributed by atoms with Gasteiger partial charge < -0.3 is 14.2 Å². The summed E-state index contributed by atoms with van der Waals surface area (Å²) in [6.45, 7) is 9.29. The molecule has 5 heteroatoms. The highest BCUT2D eigenvalue weighted by Crippen LogP contribution is 2.06. The van der Waals surface area contributed by atoms with Gasteiger partial charge in [-0.3, -0.25) is 0 Å². The molecule has 0 fully saturated rings. The van der Waals surface area contributed by atoms with Gasteiger partial charge in [-0.15, -0.1) is 0 Å². The Kier molecular flexibility index (Phi) is 13.3. The average molecular weight is 288 g/mol. The second-order valence-electron chi connectivity index (χ2n) is 4.27. The number of rotatable bonds is 13. The molecule has 0 aliphatic heterocycles. The smallest absolute Gasteiger partial charge is 0.330 e. The van der Waals surface area contributed by atoms with Crippen LogP contribution >= 0.6 is 0 Å². The summed E-state index contributed by atoms with van der Waals surface area (Å²) in [5.74, 6) is -0.328. The van der Waals surface area contributed by atoms with Crippen molar-refractivity contribution in [2.45, 2.75) is 51.5 Å². The van der Waals surface area contributed by atoms with Gasteiger partial charge in [0.05, 0.1) is 6.61 Å². The number of carbonyl (C=O) groups excluding carboxylic acids is 1. The summed E-state index contributed by atoms with van der Waals surface area (Å²) < 4.78 is 15.9. The Morgan fingerprint density at radius 1 is 1.21 bits per heavy atom. The van der Waals surface area contributed by atoms with Gasteiger partial charge in [-0.2, -0.15) is 0 Å². The minimum Gasteiger partial charge on any atom is -0.463 e. The second kappa shape index (κ2) is 13.8. The maximum absolute atomic E-state index is 10.8. The molecule has 0 spiro atoms. The van der Waals surface area contributed by atoms with E-state index in [1.807, 2.05) is 13.8 Å². The summed E-state index contributed by atoms with van der Waals surface area (Å²) in [6.07, 6.45) is 4.48. The molecule has 0 aromatic rings. The quantitative estimate of drug-likeness (QED) is 0.171. The van der Waals surface area contributed by atoms with E-state index in [0.717, 1.165) is 18.9 Å². The van der Waals surface area contributed by atoms with Crippen molar-refractivity contribution in [3.63, 3.8) is 0 Å². The van der Waals surface area contributed by atoms with Crippen molar-refractivity contribution in [2.75, 3.05) is 19.8 Å². The Morgan fingerprint density at radius 3 is 2.47 bits per heavy atom. The van der Waals surface area contributed by atoms with Gasteiger partial charge in [0.2, 0.25) is 0 Å². The fourth-order valence-electron chi connectivity index (χ4n) is 1.76. The maximum atomic E-state index is 10.8. The van der Waals surface area contributed by atoms with Crippen LogP contribution in [0.4, 0.5) is 0 Å². The van der Waals surface area contributed by atoms with Gasteiger partial charge in [0.1, 0.15) is 0 Å². The van der Waals surface area contributed by atoms with Crippen LogP contribution in [0.25, 0.3) is 0 Å². The van der Waals surface area contributed by atoms with Crippen LogP contribution in [0.1, 0.15) is 33.1 Å². The highest BCUT2D eigenvalue weighted by molar-refractivity contribution is 6.35. The lowest BCUT2D eigenvalue weighted by molar-refractivity contribution is -0.137. The third-order valence-electron chi connectivity index (χ3n) is 2.70. The largest absolute Gasteiger partial charge is 0.463 e. The first-order valence-corrected chi connectivity index (χ1v) is 9.27. The van der Waals surface area contributed by atoms with Crippen molar-refractivity contribution in [2.24, 2.45) is 0 Å². The number of hydrogen-bond acceptors (Lipinski definition) is 4. The average Bonchev–Trinajstić information content (AvgIpc) is 2.41. The molecule has 0 atom stereocenters. The molecule has 0 aliphatic rings. The molecule has 0 bridgehead atoms. The van der Waals surface area contributed by atoms with Crippen molar-refractivity contribution >= 4 is 15.5 Å². The molecule has 0 rings (SSSR count). The van der Waals surface area contributed by atoms with Gasteiger partial charge in [-0.05, 0) is 26.3 Å². The van der Waals surface area contributed by atoms with E-state index in [2.05, 4.69) is 6.58 Å². The van der Waals surface area contributed by atoms with Crippen LogP contribution in [0.5, 0.6) is 0 Å². The predicted molar refractivity (Wildman–Crippen MR) is 80.2 cm³/mol. The molecule has 0 aliphatic carbocycles. The summed E-state index contributed by atoms with van der Waals surface area (Å²) in [6, 6.07) is 2.39. The molecule has 0 heterocycles. The van der Waals surface area contributed by atoms with E-state index in [-0.39, 0.29) is 21.8 Å². The van der Waals surface area contributed by atoms with Crippen molar-refractivity contribution in [1.29, 1.82) is 0 Å². The summed E-state index contributed by atoms with van der Waals surface area (Å²) in [5.41, 5.74) is 0. The lowest BCUT2D eigenvalue weighted by Gasteiger charge is -2.16. The topological polar surface area (TPSA) is 44.8 Å². The summed E-state index contributed by atoms with van der Waals surface area (Å²) in [5, 5.41) is 0. The Morgan fingerprint density at radius 2 is 1.89 bits per heavy atom. The Bertz CT molecular complexity index is 227. The minimum absolute atomic E-state index is 0.00946. The van der Waals surface area contributed by atoms with E-state index in [0.29, 0.717) is 19.8 Å². The molecule has 0 saturated carbocycles. The lowest BCUT2D eigenvalue weighted by atomic mass is 10.3. The zero-order valence-electron chi connectivity index (χ0n) is 12.4. The normalized spacial score (nSPS) is 11.3. The van der Waals surface area contributed by atoms with Crippen LogP contribution in [0.2, 0.25) is 12.1 Å². The SMILES string of the molecule is C=CC(=O)OCCCCC[SiH2]CC(OCC)OCC. The molecule has 0 unspecified atom stereocenters. The fraction of sp³-hybridized carbons (Fsp3) is 0.786. The Hall–Kier alpha value is -0.653. The minimum atomic E-state index is -0.328. The zero-order valence-corrected chi connectivity index (χ0v) is 13.8. The van der Waals surface area contributed by atoms with Gasteiger partial charge in [-0.1, -0.05) is 25.5 Å². The number of esters is 1. The Labute approximate surface area is 119 Å². The summed E-state index contributed by atoms with van der Waals surface area (Å²) in [7, 11) is -0.105. The lowest BCUT2D eigenvalue weighted by Crippen LogP contribution is -2.18. The highest BCUT2D eigenvalue weighted by atomic mass is 28.2. The van der Waals surface area contributed by atoms with Gasteiger partial charge in [0.15, 0.2) is 6.29 Å². The molecule has 0 N–H and O–H groups in total. The maximum Gasteiger partial charge on any atom is 0.330 e. The van der Waals surface area contributed by atoms with E-state index in [9.17, 15) is 4.79 Å². The van der Waals surface area contributed by atoms with Crippen LogP contribution in [-0.4, -0.2) is 41.6 Å². The summed E-state index contributed by atoms with van der Waals surface area (Å²) >= 11 is 0. The van der Waals surface area contributed by atoms with E-state index in [1.165, 1.54) is 18.5 Å². The second-order valence-corrected chi connectivity index (χ2v) is 6.26. The molecular weight excluding hydrogens is 260 g/mol. The van der Waals surface area contributed by atoms with Gasteiger partial charge in [0.25, 0.3) is 0 Å². The van der Waals surface area contributed by atoms with Crippen molar-refractivity contribution < 1.29 is 19.0 Å². The molecule has 112 valence electrons. The first kappa shape index (κ1) is 18.3. The first-order chi connectivity index (χ1) is 9.24. The van der Waals surface area contributed by atoms with Crippen molar-refractivity contribution in [3.8, 4) is 0 Å². The van der Waals surface area contributed by atoms with Crippen molar-refractivity contribution in [1.82, 2.24) is 0 Å². The molecule has 4 nitrogen and oxygen atoms in total. The number of carbonyl (C=O) groups is 1. The van der Waals surface area contributed by atoms with Crippen LogP contribution < -0.4 is 0 Å². The molecule has 0 radical (unpaired) electrons. The van der Waals surface area contributed by atoms with Crippen LogP contribution in [0.15, 0.2) is 12.7 Å². The fourth-order valence-corrected chi connectivity index (χ4v) is 3.42. The molecule has 0 amide bonds. The molecule has 0 saturated heterocycles. The van der Waals surface area contributed by atoms with Crippen molar-refractivity contribution in [3.05, 3.63) is 12.7 Å². The first-order valence-electron chi connectivity index (χ1n) is 7.27. The van der Waals surface area contributed by atoms with Crippen LogP contribution in [-0.2, 0) is 19.0 Å². The molecule has 19 heavy (non-hydrogen) atoms. The van der Waals surface area contributed by atoms with E-state index in [1.54, 1.807) is 0 Å². The number of hydrogen-bond donors (Lipinski definition) is 0. The van der Waals surface area contributed by atoms with Gasteiger partial charge in [-0.25, -0.2) is 4.79 Å². The van der Waals surface area contributed by atoms with Crippen LogP contribution in [0.3, 0.4) is 0 Å².